The summed E-state index contributed by atoms with van der Waals surface area (Å²) in [7, 11) is -1.84. The van der Waals surface area contributed by atoms with Gasteiger partial charge in [0.2, 0.25) is 10.0 Å². The van der Waals surface area contributed by atoms with E-state index < -0.39 is 10.0 Å². The molecule has 3 N–H and O–H groups in total. The minimum atomic E-state index is -3.67. The van der Waals surface area contributed by atoms with Crippen LogP contribution in [0.5, 0.6) is 0 Å². The monoisotopic (exact) mass is 280 g/mol. The lowest BCUT2D eigenvalue weighted by atomic mass is 10.1. The lowest BCUT2D eigenvalue weighted by Crippen LogP contribution is -2.13. The average Bonchev–Trinajstić information content (AvgIpc) is 2.74. The van der Waals surface area contributed by atoms with Crippen LogP contribution in [-0.4, -0.2) is 18.2 Å². The van der Waals surface area contributed by atoms with Gasteiger partial charge < -0.3 is 5.32 Å². The third kappa shape index (κ3) is 3.33. The Morgan fingerprint density at radius 3 is 2.74 bits per heavy atom. The van der Waals surface area contributed by atoms with Gasteiger partial charge in [0.1, 0.15) is 0 Å². The van der Waals surface area contributed by atoms with E-state index in [0.717, 1.165) is 11.3 Å². The number of primary sulfonamides is 1. The van der Waals surface area contributed by atoms with Crippen LogP contribution >= 0.6 is 0 Å². The first-order chi connectivity index (χ1) is 8.86. The molecule has 0 aliphatic carbocycles. The number of hydrogen-bond donors (Lipinski definition) is 2. The number of sulfonamides is 1. The number of nitrogens with zero attached hydrogens (tertiary/aromatic N) is 2. The zero-order valence-electron chi connectivity index (χ0n) is 10.7. The Balaban J connectivity index is 2.22. The minimum absolute atomic E-state index is 0.0501. The van der Waals surface area contributed by atoms with E-state index in [1.165, 1.54) is 6.07 Å². The standard InChI is InChI=1S/C12H16N4O2S/c1-9(15-11-7-14-16(2)8-11)10-4-3-5-12(6-10)19(13,17)18/h3-9,15H,1-2H3,(H2,13,17,18). The lowest BCUT2D eigenvalue weighted by molar-refractivity contribution is 0.597. The fourth-order valence-corrected chi connectivity index (χ4v) is 2.36. The van der Waals surface area contributed by atoms with Crippen molar-refractivity contribution in [2.24, 2.45) is 12.2 Å². The van der Waals surface area contributed by atoms with Crippen molar-refractivity contribution in [3.8, 4) is 0 Å². The van der Waals surface area contributed by atoms with Crippen molar-refractivity contribution in [3.05, 3.63) is 42.2 Å². The molecular formula is C12H16N4O2S. The van der Waals surface area contributed by atoms with Crippen LogP contribution in [-0.2, 0) is 17.1 Å². The van der Waals surface area contributed by atoms with Gasteiger partial charge in [-0.3, -0.25) is 4.68 Å². The van der Waals surface area contributed by atoms with Crippen LogP contribution in [0, 0.1) is 0 Å². The summed E-state index contributed by atoms with van der Waals surface area (Å²) < 4.78 is 24.3. The molecule has 0 amide bonds. The molecule has 102 valence electrons. The largest absolute Gasteiger partial charge is 0.376 e. The van der Waals surface area contributed by atoms with Gasteiger partial charge in [0.25, 0.3) is 0 Å². The fourth-order valence-electron chi connectivity index (χ4n) is 1.79. The molecule has 2 rings (SSSR count). The van der Waals surface area contributed by atoms with Crippen molar-refractivity contribution in [1.29, 1.82) is 0 Å². The first-order valence-electron chi connectivity index (χ1n) is 5.74. The van der Waals surface area contributed by atoms with Crippen molar-refractivity contribution >= 4 is 15.7 Å². The summed E-state index contributed by atoms with van der Waals surface area (Å²) in [5, 5.41) is 12.4. The van der Waals surface area contributed by atoms with Crippen LogP contribution in [0.4, 0.5) is 5.69 Å². The molecule has 0 saturated carbocycles. The van der Waals surface area contributed by atoms with Gasteiger partial charge in [-0.2, -0.15) is 5.10 Å². The highest BCUT2D eigenvalue weighted by molar-refractivity contribution is 7.89. The van der Waals surface area contributed by atoms with E-state index in [0.29, 0.717) is 0 Å². The molecule has 0 aliphatic heterocycles. The van der Waals surface area contributed by atoms with Gasteiger partial charge in [-0.15, -0.1) is 0 Å². The van der Waals surface area contributed by atoms with Gasteiger partial charge in [-0.05, 0) is 24.6 Å². The minimum Gasteiger partial charge on any atom is -0.376 e. The molecule has 0 saturated heterocycles. The highest BCUT2D eigenvalue weighted by Gasteiger charge is 2.11. The second-order valence-corrected chi connectivity index (χ2v) is 5.95. The lowest BCUT2D eigenvalue weighted by Gasteiger charge is -2.14. The Morgan fingerprint density at radius 1 is 1.42 bits per heavy atom. The van der Waals surface area contributed by atoms with Gasteiger partial charge in [0.15, 0.2) is 0 Å². The predicted octanol–water partition coefficient (Wildman–Crippen LogP) is 1.24. The number of anilines is 1. The quantitative estimate of drug-likeness (QED) is 0.881. The Labute approximate surface area is 112 Å². The van der Waals surface area contributed by atoms with E-state index in [4.69, 9.17) is 5.14 Å². The number of hydrogen-bond acceptors (Lipinski definition) is 4. The SMILES string of the molecule is CC(Nc1cnn(C)c1)c1cccc(S(N)(=O)=O)c1. The van der Waals surface area contributed by atoms with Gasteiger partial charge in [-0.25, -0.2) is 13.6 Å². The van der Waals surface area contributed by atoms with E-state index in [1.54, 1.807) is 23.0 Å². The Kier molecular flexibility index (Phi) is 3.59. The van der Waals surface area contributed by atoms with Crippen LogP contribution in [0.2, 0.25) is 0 Å². The molecule has 2 aromatic rings. The van der Waals surface area contributed by atoms with E-state index in [2.05, 4.69) is 10.4 Å². The van der Waals surface area contributed by atoms with Gasteiger partial charge in [-0.1, -0.05) is 12.1 Å². The van der Waals surface area contributed by atoms with Gasteiger partial charge in [0.05, 0.1) is 16.8 Å². The molecule has 0 bridgehead atoms. The van der Waals surface area contributed by atoms with Crippen LogP contribution in [0.1, 0.15) is 18.5 Å². The van der Waals surface area contributed by atoms with Gasteiger partial charge >= 0.3 is 0 Å². The Bertz CT molecular complexity index is 679. The maximum atomic E-state index is 11.3. The maximum absolute atomic E-state index is 11.3. The maximum Gasteiger partial charge on any atom is 0.238 e. The van der Waals surface area contributed by atoms with Gasteiger partial charge in [0, 0.05) is 19.3 Å². The molecule has 1 unspecified atom stereocenters. The van der Waals surface area contributed by atoms with Crippen LogP contribution < -0.4 is 10.5 Å². The van der Waals surface area contributed by atoms with E-state index in [1.807, 2.05) is 26.2 Å². The highest BCUT2D eigenvalue weighted by atomic mass is 32.2. The van der Waals surface area contributed by atoms with E-state index >= 15 is 0 Å². The summed E-state index contributed by atoms with van der Waals surface area (Å²) in [5.41, 5.74) is 1.71. The highest BCUT2D eigenvalue weighted by Crippen LogP contribution is 2.20. The van der Waals surface area contributed by atoms with E-state index in [-0.39, 0.29) is 10.9 Å². The summed E-state index contributed by atoms with van der Waals surface area (Å²) in [6.07, 6.45) is 3.56. The molecule has 1 aromatic carbocycles. The molecule has 1 atom stereocenters. The van der Waals surface area contributed by atoms with Crippen molar-refractivity contribution < 1.29 is 8.42 Å². The second kappa shape index (κ2) is 5.02. The number of benzene rings is 1. The third-order valence-corrected chi connectivity index (χ3v) is 3.69. The topological polar surface area (TPSA) is 90.0 Å². The summed E-state index contributed by atoms with van der Waals surface area (Å²) in [5.74, 6) is 0. The van der Waals surface area contributed by atoms with Crippen molar-refractivity contribution in [2.75, 3.05) is 5.32 Å². The van der Waals surface area contributed by atoms with Crippen LogP contribution in [0.3, 0.4) is 0 Å². The third-order valence-electron chi connectivity index (χ3n) is 2.77. The molecule has 0 fully saturated rings. The molecule has 6 nitrogen and oxygen atoms in total. The first-order valence-corrected chi connectivity index (χ1v) is 7.29. The Hall–Kier alpha value is -1.86. The molecular weight excluding hydrogens is 264 g/mol. The predicted molar refractivity (Wildman–Crippen MR) is 73.1 cm³/mol. The number of aromatic nitrogens is 2. The normalized spacial score (nSPS) is 13.2. The van der Waals surface area contributed by atoms with Crippen LogP contribution in [0.25, 0.3) is 0 Å². The number of aryl methyl sites for hydroxylation is 1. The van der Waals surface area contributed by atoms with Crippen molar-refractivity contribution in [1.82, 2.24) is 9.78 Å². The number of nitrogens with two attached hydrogens (primary N) is 1. The summed E-state index contributed by atoms with van der Waals surface area (Å²) >= 11 is 0. The Morgan fingerprint density at radius 2 is 2.16 bits per heavy atom. The van der Waals surface area contributed by atoms with Crippen LogP contribution in [0.15, 0.2) is 41.6 Å². The number of rotatable bonds is 4. The summed E-state index contributed by atoms with van der Waals surface area (Å²) in [4.78, 5) is 0.116. The molecule has 0 spiro atoms. The number of nitrogens with one attached hydrogen (secondary N) is 1. The van der Waals surface area contributed by atoms with Crippen molar-refractivity contribution in [2.45, 2.75) is 17.9 Å². The molecule has 1 aromatic heterocycles. The first kappa shape index (κ1) is 13.6. The molecule has 7 heteroatoms. The summed E-state index contributed by atoms with van der Waals surface area (Å²) in [6, 6.07) is 6.53. The fraction of sp³-hybridized carbons (Fsp3) is 0.250. The smallest absolute Gasteiger partial charge is 0.238 e. The molecule has 19 heavy (non-hydrogen) atoms. The molecule has 0 radical (unpaired) electrons. The summed E-state index contributed by atoms with van der Waals surface area (Å²) in [6.45, 7) is 1.94. The van der Waals surface area contributed by atoms with E-state index in [9.17, 15) is 8.42 Å². The van der Waals surface area contributed by atoms with Crippen molar-refractivity contribution in [3.63, 3.8) is 0 Å². The molecule has 1 heterocycles. The second-order valence-electron chi connectivity index (χ2n) is 4.39. The zero-order chi connectivity index (χ0) is 14.0. The average molecular weight is 280 g/mol. The molecule has 0 aliphatic rings. The zero-order valence-corrected chi connectivity index (χ0v) is 11.6.